The number of aldehydes is 1. The van der Waals surface area contributed by atoms with E-state index in [1.54, 1.807) is 24.4 Å². The van der Waals surface area contributed by atoms with E-state index in [4.69, 9.17) is 4.74 Å². The SMILES string of the molecule is CC(C)(C)OC(=O)c1cccc(-c2ccc3c(C=O)ccnc3c2)c1. The van der Waals surface area contributed by atoms with Crippen LogP contribution in [0.4, 0.5) is 0 Å². The molecule has 1 aromatic heterocycles. The van der Waals surface area contributed by atoms with Crippen LogP contribution in [0.1, 0.15) is 41.5 Å². The van der Waals surface area contributed by atoms with Crippen molar-refractivity contribution in [2.75, 3.05) is 0 Å². The summed E-state index contributed by atoms with van der Waals surface area (Å²) < 4.78 is 5.43. The Morgan fingerprint density at radius 3 is 2.52 bits per heavy atom. The fraction of sp³-hybridized carbons (Fsp3) is 0.190. The monoisotopic (exact) mass is 333 g/mol. The lowest BCUT2D eigenvalue weighted by Gasteiger charge is -2.19. The van der Waals surface area contributed by atoms with Gasteiger partial charge in [0.2, 0.25) is 0 Å². The molecule has 0 aliphatic carbocycles. The standard InChI is InChI=1S/C21H19NO3/c1-21(2,3)25-20(24)16-6-4-5-14(11-16)15-7-8-18-17(13-23)9-10-22-19(18)12-15/h4-13H,1-3H3. The second-order valence-electron chi connectivity index (χ2n) is 6.83. The molecule has 0 unspecified atom stereocenters. The number of esters is 1. The van der Waals surface area contributed by atoms with Gasteiger partial charge < -0.3 is 4.74 Å². The lowest BCUT2D eigenvalue weighted by molar-refractivity contribution is 0.00695. The van der Waals surface area contributed by atoms with Crippen LogP contribution in [0.3, 0.4) is 0 Å². The van der Waals surface area contributed by atoms with Gasteiger partial charge >= 0.3 is 5.97 Å². The van der Waals surface area contributed by atoms with Gasteiger partial charge in [0.25, 0.3) is 0 Å². The first-order valence-corrected chi connectivity index (χ1v) is 8.05. The van der Waals surface area contributed by atoms with Crippen molar-refractivity contribution in [3.05, 3.63) is 65.9 Å². The van der Waals surface area contributed by atoms with Gasteiger partial charge in [-0.3, -0.25) is 9.78 Å². The molecule has 0 bridgehead atoms. The first-order chi connectivity index (χ1) is 11.9. The number of aromatic nitrogens is 1. The maximum Gasteiger partial charge on any atom is 0.338 e. The van der Waals surface area contributed by atoms with Crippen LogP contribution in [0.15, 0.2) is 54.7 Å². The third-order valence-electron chi connectivity index (χ3n) is 3.73. The molecule has 0 saturated heterocycles. The van der Waals surface area contributed by atoms with Crippen molar-refractivity contribution in [3.63, 3.8) is 0 Å². The highest BCUT2D eigenvalue weighted by molar-refractivity contribution is 5.98. The van der Waals surface area contributed by atoms with Crippen molar-refractivity contribution >= 4 is 23.2 Å². The van der Waals surface area contributed by atoms with Gasteiger partial charge in [-0.25, -0.2) is 4.79 Å². The molecule has 1 heterocycles. The highest BCUT2D eigenvalue weighted by atomic mass is 16.6. The zero-order valence-corrected chi connectivity index (χ0v) is 14.4. The van der Waals surface area contributed by atoms with Crippen LogP contribution in [-0.4, -0.2) is 22.8 Å². The summed E-state index contributed by atoms with van der Waals surface area (Å²) in [5.41, 5.74) is 3.13. The van der Waals surface area contributed by atoms with E-state index >= 15 is 0 Å². The molecule has 0 spiro atoms. The average Bonchev–Trinajstić information content (AvgIpc) is 2.59. The number of ether oxygens (including phenoxy) is 1. The van der Waals surface area contributed by atoms with Crippen molar-refractivity contribution in [1.29, 1.82) is 0 Å². The van der Waals surface area contributed by atoms with E-state index in [-0.39, 0.29) is 5.97 Å². The van der Waals surface area contributed by atoms with Gasteiger partial charge in [0.05, 0.1) is 11.1 Å². The number of fused-ring (bicyclic) bond motifs is 1. The molecule has 4 nitrogen and oxygen atoms in total. The van der Waals surface area contributed by atoms with Crippen LogP contribution < -0.4 is 0 Å². The van der Waals surface area contributed by atoms with Crippen molar-refractivity contribution in [1.82, 2.24) is 4.98 Å². The molecule has 126 valence electrons. The largest absolute Gasteiger partial charge is 0.456 e. The highest BCUT2D eigenvalue weighted by Gasteiger charge is 2.18. The molecule has 3 aromatic rings. The highest BCUT2D eigenvalue weighted by Crippen LogP contribution is 2.26. The number of carbonyl (C=O) groups excluding carboxylic acids is 2. The first-order valence-electron chi connectivity index (χ1n) is 8.05. The van der Waals surface area contributed by atoms with Crippen LogP contribution in [0.25, 0.3) is 22.0 Å². The Kier molecular flexibility index (Phi) is 4.36. The fourth-order valence-corrected chi connectivity index (χ4v) is 2.62. The van der Waals surface area contributed by atoms with Gasteiger partial charge in [0, 0.05) is 17.1 Å². The van der Waals surface area contributed by atoms with E-state index in [0.29, 0.717) is 11.1 Å². The smallest absolute Gasteiger partial charge is 0.338 e. The minimum absolute atomic E-state index is 0.350. The van der Waals surface area contributed by atoms with Crippen molar-refractivity contribution in [2.24, 2.45) is 0 Å². The van der Waals surface area contributed by atoms with Gasteiger partial charge in [-0.05, 0) is 56.2 Å². The number of nitrogens with zero attached hydrogens (tertiary/aromatic N) is 1. The zero-order valence-electron chi connectivity index (χ0n) is 14.4. The summed E-state index contributed by atoms with van der Waals surface area (Å²) in [5.74, 6) is -0.350. The van der Waals surface area contributed by atoms with Crippen molar-refractivity contribution in [2.45, 2.75) is 26.4 Å². The minimum Gasteiger partial charge on any atom is -0.456 e. The van der Waals surface area contributed by atoms with E-state index in [9.17, 15) is 9.59 Å². The molecule has 0 amide bonds. The molecule has 0 N–H and O–H groups in total. The van der Waals surface area contributed by atoms with Crippen LogP contribution in [0.2, 0.25) is 0 Å². The molecule has 25 heavy (non-hydrogen) atoms. The maximum atomic E-state index is 12.3. The van der Waals surface area contributed by atoms with Gasteiger partial charge in [-0.2, -0.15) is 0 Å². The Morgan fingerprint density at radius 2 is 1.80 bits per heavy atom. The van der Waals surface area contributed by atoms with Gasteiger partial charge in [0.15, 0.2) is 6.29 Å². The second-order valence-corrected chi connectivity index (χ2v) is 6.83. The van der Waals surface area contributed by atoms with Crippen LogP contribution >= 0.6 is 0 Å². The predicted octanol–water partition coefficient (Wildman–Crippen LogP) is 4.67. The van der Waals surface area contributed by atoms with E-state index in [1.807, 2.05) is 51.1 Å². The summed E-state index contributed by atoms with van der Waals surface area (Å²) in [6, 6.07) is 14.7. The Hall–Kier alpha value is -3.01. The molecule has 2 aromatic carbocycles. The summed E-state index contributed by atoms with van der Waals surface area (Å²) in [6.45, 7) is 5.52. The molecule has 0 atom stereocenters. The summed E-state index contributed by atoms with van der Waals surface area (Å²) in [7, 11) is 0. The van der Waals surface area contributed by atoms with E-state index < -0.39 is 5.60 Å². The molecular formula is C21H19NO3. The number of pyridine rings is 1. The van der Waals surface area contributed by atoms with Gasteiger partial charge in [-0.1, -0.05) is 24.3 Å². The van der Waals surface area contributed by atoms with Crippen molar-refractivity contribution in [3.8, 4) is 11.1 Å². The first kappa shape index (κ1) is 16.8. The normalized spacial score (nSPS) is 11.3. The average molecular weight is 333 g/mol. The molecule has 4 heteroatoms. The maximum absolute atomic E-state index is 12.3. The number of benzene rings is 2. The molecule has 3 rings (SSSR count). The predicted molar refractivity (Wildman–Crippen MR) is 97.7 cm³/mol. The molecular weight excluding hydrogens is 314 g/mol. The lowest BCUT2D eigenvalue weighted by atomic mass is 10.00. The number of rotatable bonds is 3. The topological polar surface area (TPSA) is 56.3 Å². The van der Waals surface area contributed by atoms with Crippen LogP contribution in [0.5, 0.6) is 0 Å². The van der Waals surface area contributed by atoms with E-state index in [0.717, 1.165) is 28.3 Å². The van der Waals surface area contributed by atoms with E-state index in [1.165, 1.54) is 0 Å². The van der Waals surface area contributed by atoms with Crippen LogP contribution in [0, 0.1) is 0 Å². The molecule has 0 radical (unpaired) electrons. The Morgan fingerprint density at radius 1 is 1.04 bits per heavy atom. The molecule has 0 fully saturated rings. The summed E-state index contributed by atoms with van der Waals surface area (Å²) in [4.78, 5) is 27.7. The second kappa shape index (κ2) is 6.48. The summed E-state index contributed by atoms with van der Waals surface area (Å²) in [5, 5.41) is 0.810. The third-order valence-corrected chi connectivity index (χ3v) is 3.73. The zero-order chi connectivity index (χ0) is 18.0. The summed E-state index contributed by atoms with van der Waals surface area (Å²) >= 11 is 0. The summed E-state index contributed by atoms with van der Waals surface area (Å²) in [6.07, 6.45) is 2.44. The molecule has 0 aliphatic rings. The Labute approximate surface area is 146 Å². The number of hydrogen-bond donors (Lipinski definition) is 0. The quantitative estimate of drug-likeness (QED) is 0.516. The lowest BCUT2D eigenvalue weighted by Crippen LogP contribution is -2.23. The van der Waals surface area contributed by atoms with Crippen LogP contribution in [-0.2, 0) is 4.74 Å². The minimum atomic E-state index is -0.537. The van der Waals surface area contributed by atoms with Crippen molar-refractivity contribution < 1.29 is 14.3 Å². The third kappa shape index (κ3) is 3.74. The Bertz CT molecular complexity index is 955. The fourth-order valence-electron chi connectivity index (χ4n) is 2.62. The Balaban J connectivity index is 2.00. The van der Waals surface area contributed by atoms with Gasteiger partial charge in [-0.15, -0.1) is 0 Å². The number of hydrogen-bond acceptors (Lipinski definition) is 4. The number of carbonyl (C=O) groups is 2. The molecule has 0 aliphatic heterocycles. The van der Waals surface area contributed by atoms with E-state index in [2.05, 4.69) is 4.98 Å². The van der Waals surface area contributed by atoms with Gasteiger partial charge in [0.1, 0.15) is 5.60 Å². The molecule has 0 saturated carbocycles.